The molecule has 1 N–H and O–H groups in total. The van der Waals surface area contributed by atoms with E-state index in [0.717, 1.165) is 24.2 Å². The fourth-order valence-electron chi connectivity index (χ4n) is 2.35. The molecule has 6 heteroatoms. The van der Waals surface area contributed by atoms with Crippen molar-refractivity contribution in [2.75, 3.05) is 23.7 Å². The van der Waals surface area contributed by atoms with Crippen LogP contribution in [0.25, 0.3) is 0 Å². The van der Waals surface area contributed by atoms with Crippen molar-refractivity contribution in [3.05, 3.63) is 29.3 Å². The molecule has 21 heavy (non-hydrogen) atoms. The van der Waals surface area contributed by atoms with Crippen LogP contribution in [0.2, 0.25) is 0 Å². The molecular weight excluding hydrogens is 290 g/mol. The molecule has 2 rings (SSSR count). The number of benzene rings is 1. The van der Waals surface area contributed by atoms with Crippen LogP contribution >= 0.6 is 0 Å². The first-order valence-electron chi connectivity index (χ1n) is 6.95. The van der Waals surface area contributed by atoms with Gasteiger partial charge in [0.25, 0.3) is 0 Å². The van der Waals surface area contributed by atoms with Gasteiger partial charge in [-0.05, 0) is 44.9 Å². The van der Waals surface area contributed by atoms with Crippen LogP contribution in [0.15, 0.2) is 18.2 Å². The summed E-state index contributed by atoms with van der Waals surface area (Å²) in [5, 5.41) is 9.05. The van der Waals surface area contributed by atoms with Gasteiger partial charge in [0.15, 0.2) is 9.84 Å². The monoisotopic (exact) mass is 311 g/mol. The number of hydrogen-bond acceptors (Lipinski definition) is 4. The molecule has 1 aliphatic rings. The van der Waals surface area contributed by atoms with Crippen LogP contribution in [-0.2, 0) is 16.3 Å². The number of aromatic carboxylic acids is 1. The lowest BCUT2D eigenvalue weighted by molar-refractivity contribution is 0.0697. The third-order valence-corrected chi connectivity index (χ3v) is 6.47. The molecule has 0 amide bonds. The van der Waals surface area contributed by atoms with Crippen molar-refractivity contribution in [3.63, 3.8) is 0 Å². The predicted octanol–water partition coefficient (Wildman–Crippen LogP) is 1.96. The molecule has 0 spiro atoms. The van der Waals surface area contributed by atoms with Gasteiger partial charge in [0.1, 0.15) is 0 Å². The lowest BCUT2D eigenvalue weighted by Gasteiger charge is -2.24. The number of fused-ring (bicyclic) bond motifs is 1. The number of nitrogens with zero attached hydrogens (tertiary/aromatic N) is 1. The van der Waals surface area contributed by atoms with E-state index in [1.165, 1.54) is 0 Å². The number of carboxylic acids is 1. The maximum atomic E-state index is 12.2. The molecule has 0 radical (unpaired) electrons. The first-order valence-corrected chi connectivity index (χ1v) is 8.60. The van der Waals surface area contributed by atoms with E-state index in [-0.39, 0.29) is 11.3 Å². The second-order valence-electron chi connectivity index (χ2n) is 6.32. The minimum Gasteiger partial charge on any atom is -0.478 e. The summed E-state index contributed by atoms with van der Waals surface area (Å²) in [7, 11) is -3.17. The van der Waals surface area contributed by atoms with Crippen LogP contribution in [0, 0.1) is 0 Å². The zero-order valence-electron chi connectivity index (χ0n) is 12.6. The van der Waals surface area contributed by atoms with Crippen LogP contribution in [0.1, 0.15) is 36.7 Å². The molecule has 5 nitrogen and oxygen atoms in total. The highest BCUT2D eigenvalue weighted by Crippen LogP contribution is 2.29. The Bertz CT molecular complexity index is 659. The van der Waals surface area contributed by atoms with E-state index in [9.17, 15) is 13.2 Å². The topological polar surface area (TPSA) is 74.7 Å². The summed E-state index contributed by atoms with van der Waals surface area (Å²) in [5.41, 5.74) is 2.16. The standard InChI is InChI=1S/C15H21NO4S/c1-15(2,3)21(19,20)9-8-16-7-6-11-4-5-12(14(17)18)10-13(11)16/h4-5,10H,6-9H2,1-3H3,(H,17,18). The largest absolute Gasteiger partial charge is 0.478 e. The molecular formula is C15H21NO4S. The summed E-state index contributed by atoms with van der Waals surface area (Å²) in [6.07, 6.45) is 0.824. The Kier molecular flexibility index (Phi) is 4.02. The minimum atomic E-state index is -3.17. The average Bonchev–Trinajstić information content (AvgIpc) is 2.77. The van der Waals surface area contributed by atoms with E-state index in [4.69, 9.17) is 5.11 Å². The van der Waals surface area contributed by atoms with Crippen molar-refractivity contribution in [1.29, 1.82) is 0 Å². The highest BCUT2D eigenvalue weighted by atomic mass is 32.2. The lowest BCUT2D eigenvalue weighted by Crippen LogP contribution is -2.36. The molecule has 1 aromatic carbocycles. The van der Waals surface area contributed by atoms with Gasteiger partial charge in [-0.2, -0.15) is 0 Å². The van der Waals surface area contributed by atoms with E-state index in [1.807, 2.05) is 11.0 Å². The van der Waals surface area contributed by atoms with Gasteiger partial charge in [-0.25, -0.2) is 13.2 Å². The third-order valence-electron chi connectivity index (χ3n) is 3.89. The molecule has 0 fully saturated rings. The second kappa shape index (κ2) is 5.33. The van der Waals surface area contributed by atoms with Crippen molar-refractivity contribution in [2.24, 2.45) is 0 Å². The Morgan fingerprint density at radius 2 is 2.00 bits per heavy atom. The smallest absolute Gasteiger partial charge is 0.335 e. The van der Waals surface area contributed by atoms with Gasteiger partial charge in [0.2, 0.25) is 0 Å². The molecule has 0 saturated carbocycles. The van der Waals surface area contributed by atoms with Gasteiger partial charge in [-0.15, -0.1) is 0 Å². The highest BCUT2D eigenvalue weighted by molar-refractivity contribution is 7.92. The fourth-order valence-corrected chi connectivity index (χ4v) is 3.42. The lowest BCUT2D eigenvalue weighted by atomic mass is 10.1. The van der Waals surface area contributed by atoms with Crippen molar-refractivity contribution >= 4 is 21.5 Å². The quantitative estimate of drug-likeness (QED) is 0.920. The zero-order valence-corrected chi connectivity index (χ0v) is 13.4. The van der Waals surface area contributed by atoms with Crippen LogP contribution in [-0.4, -0.2) is 43.1 Å². The van der Waals surface area contributed by atoms with Crippen molar-refractivity contribution in [2.45, 2.75) is 31.9 Å². The summed E-state index contributed by atoms with van der Waals surface area (Å²) in [4.78, 5) is 13.0. The summed E-state index contributed by atoms with van der Waals surface area (Å²) in [6, 6.07) is 5.04. The van der Waals surface area contributed by atoms with Gasteiger partial charge in [-0.1, -0.05) is 6.07 Å². The summed E-state index contributed by atoms with van der Waals surface area (Å²) in [5.74, 6) is -0.889. The first-order chi connectivity index (χ1) is 9.62. The summed E-state index contributed by atoms with van der Waals surface area (Å²) in [6.45, 7) is 6.22. The van der Waals surface area contributed by atoms with Gasteiger partial charge < -0.3 is 10.0 Å². The number of anilines is 1. The average molecular weight is 311 g/mol. The SMILES string of the molecule is CC(C)(C)S(=O)(=O)CCN1CCc2ccc(C(=O)O)cc21. The fraction of sp³-hybridized carbons (Fsp3) is 0.533. The molecule has 0 atom stereocenters. The maximum Gasteiger partial charge on any atom is 0.335 e. The second-order valence-corrected chi connectivity index (χ2v) is 9.18. The predicted molar refractivity (Wildman–Crippen MR) is 82.9 cm³/mol. The summed E-state index contributed by atoms with van der Waals surface area (Å²) < 4.78 is 23.6. The molecule has 1 heterocycles. The number of sulfone groups is 1. The van der Waals surface area contributed by atoms with E-state index in [2.05, 4.69) is 0 Å². The van der Waals surface area contributed by atoms with Crippen LogP contribution in [0.5, 0.6) is 0 Å². The molecule has 1 aromatic rings. The Morgan fingerprint density at radius 1 is 1.33 bits per heavy atom. The molecule has 1 aliphatic heterocycles. The van der Waals surface area contributed by atoms with E-state index >= 15 is 0 Å². The number of carbonyl (C=O) groups is 1. The number of hydrogen-bond donors (Lipinski definition) is 1. The summed E-state index contributed by atoms with van der Waals surface area (Å²) >= 11 is 0. The zero-order chi connectivity index (χ0) is 15.8. The van der Waals surface area contributed by atoms with E-state index in [0.29, 0.717) is 6.54 Å². The van der Waals surface area contributed by atoms with Gasteiger partial charge in [0, 0.05) is 18.8 Å². The molecule has 0 aliphatic carbocycles. The van der Waals surface area contributed by atoms with E-state index in [1.54, 1.807) is 32.9 Å². The van der Waals surface area contributed by atoms with Crippen molar-refractivity contribution in [3.8, 4) is 0 Å². The van der Waals surface area contributed by atoms with Gasteiger partial charge in [0.05, 0.1) is 16.1 Å². The van der Waals surface area contributed by atoms with Crippen molar-refractivity contribution in [1.82, 2.24) is 0 Å². The number of rotatable bonds is 4. The Labute approximate surface area is 125 Å². The molecule has 0 unspecified atom stereocenters. The third kappa shape index (κ3) is 3.20. The molecule has 0 bridgehead atoms. The molecule has 0 saturated heterocycles. The van der Waals surface area contributed by atoms with E-state index < -0.39 is 20.6 Å². The number of carboxylic acid groups (broad SMARTS) is 1. The van der Waals surface area contributed by atoms with Gasteiger partial charge in [-0.3, -0.25) is 0 Å². The maximum absolute atomic E-state index is 12.2. The Balaban J connectivity index is 2.16. The molecule has 116 valence electrons. The Morgan fingerprint density at radius 3 is 2.57 bits per heavy atom. The van der Waals surface area contributed by atoms with Crippen LogP contribution < -0.4 is 4.90 Å². The normalized spacial score (nSPS) is 15.1. The van der Waals surface area contributed by atoms with Crippen molar-refractivity contribution < 1.29 is 18.3 Å². The highest BCUT2D eigenvalue weighted by Gasteiger charge is 2.30. The minimum absolute atomic E-state index is 0.0766. The molecule has 0 aromatic heterocycles. The van der Waals surface area contributed by atoms with Crippen LogP contribution in [0.4, 0.5) is 5.69 Å². The Hall–Kier alpha value is -1.56. The van der Waals surface area contributed by atoms with Crippen LogP contribution in [0.3, 0.4) is 0 Å². The first kappa shape index (κ1) is 15.8. The van der Waals surface area contributed by atoms with Gasteiger partial charge >= 0.3 is 5.97 Å².